The molecule has 0 amide bonds. The van der Waals surface area contributed by atoms with Crippen molar-refractivity contribution >= 4 is 5.97 Å². The number of hydrogen-bond acceptors (Lipinski definition) is 3. The summed E-state index contributed by atoms with van der Waals surface area (Å²) in [5, 5.41) is 0. The molecule has 0 heterocycles. The van der Waals surface area contributed by atoms with E-state index in [1.54, 1.807) is 12.1 Å². The molecule has 0 N–H and O–H groups in total. The Hall–Kier alpha value is -2.13. The highest BCUT2D eigenvalue weighted by Crippen LogP contribution is 2.40. The van der Waals surface area contributed by atoms with Crippen LogP contribution in [0.15, 0.2) is 54.6 Å². The lowest BCUT2D eigenvalue weighted by molar-refractivity contribution is -0.251. The zero-order chi connectivity index (χ0) is 18.5. The van der Waals surface area contributed by atoms with Gasteiger partial charge >= 0.3 is 5.97 Å². The van der Waals surface area contributed by atoms with Gasteiger partial charge in [0, 0.05) is 0 Å². The van der Waals surface area contributed by atoms with Gasteiger partial charge in [-0.15, -0.1) is 0 Å². The Labute approximate surface area is 156 Å². The summed E-state index contributed by atoms with van der Waals surface area (Å²) in [7, 11) is 0. The Morgan fingerprint density at radius 3 is 2.27 bits per heavy atom. The molecular formula is C23H27O3. The first-order valence-corrected chi connectivity index (χ1v) is 9.44. The molecule has 0 saturated heterocycles. The Bertz CT molecular complexity index is 706. The van der Waals surface area contributed by atoms with Crippen molar-refractivity contribution in [2.45, 2.75) is 40.0 Å². The van der Waals surface area contributed by atoms with Crippen molar-refractivity contribution in [3.8, 4) is 11.1 Å². The second-order valence-corrected chi connectivity index (χ2v) is 7.60. The molecule has 2 unspecified atom stereocenters. The molecule has 3 heteroatoms. The van der Waals surface area contributed by atoms with Crippen molar-refractivity contribution in [2.24, 2.45) is 17.8 Å². The molecular weight excluding hydrogens is 324 g/mol. The maximum Gasteiger partial charge on any atom is 0.373 e. The zero-order valence-corrected chi connectivity index (χ0v) is 15.8. The number of carbonyl (C=O) groups is 1. The van der Waals surface area contributed by atoms with Crippen molar-refractivity contribution in [3.05, 3.63) is 66.3 Å². The van der Waals surface area contributed by atoms with Gasteiger partial charge in [0.15, 0.2) is 6.10 Å². The first-order chi connectivity index (χ1) is 12.5. The third kappa shape index (κ3) is 4.53. The molecule has 2 atom stereocenters. The Balaban J connectivity index is 1.61. The van der Waals surface area contributed by atoms with Crippen molar-refractivity contribution < 1.29 is 14.6 Å². The quantitative estimate of drug-likeness (QED) is 0.485. The normalized spacial score (nSPS) is 20.9. The molecule has 2 aromatic carbocycles. The van der Waals surface area contributed by atoms with E-state index in [0.29, 0.717) is 23.3 Å². The van der Waals surface area contributed by atoms with Crippen LogP contribution in [0.25, 0.3) is 11.1 Å². The number of hydrogen-bond donors (Lipinski definition) is 0. The van der Waals surface area contributed by atoms with Crippen LogP contribution in [0.1, 0.15) is 50.4 Å². The lowest BCUT2D eigenvalue weighted by Crippen LogP contribution is -2.28. The fourth-order valence-corrected chi connectivity index (χ4v) is 3.59. The summed E-state index contributed by atoms with van der Waals surface area (Å²) in [5.41, 5.74) is 2.68. The van der Waals surface area contributed by atoms with Crippen LogP contribution < -0.4 is 0 Å². The second kappa shape index (κ2) is 8.50. The Morgan fingerprint density at radius 1 is 0.962 bits per heavy atom. The first kappa shape index (κ1) is 18.7. The lowest BCUT2D eigenvalue weighted by Gasteiger charge is -2.34. The molecule has 1 aliphatic rings. The molecule has 1 fully saturated rings. The van der Waals surface area contributed by atoms with E-state index in [9.17, 15) is 4.79 Å². The largest absolute Gasteiger partial charge is 0.373 e. The van der Waals surface area contributed by atoms with Crippen molar-refractivity contribution in [3.63, 3.8) is 0 Å². The average Bonchev–Trinajstić information content (AvgIpc) is 2.66. The smallest absolute Gasteiger partial charge is 0.292 e. The van der Waals surface area contributed by atoms with E-state index in [-0.39, 0.29) is 0 Å². The van der Waals surface area contributed by atoms with Crippen LogP contribution in [-0.4, -0.2) is 5.97 Å². The van der Waals surface area contributed by atoms with E-state index < -0.39 is 5.97 Å². The van der Waals surface area contributed by atoms with Crippen LogP contribution in [0.4, 0.5) is 0 Å². The van der Waals surface area contributed by atoms with Gasteiger partial charge in [-0.3, -0.25) is 4.89 Å². The minimum atomic E-state index is -0.446. The maximum absolute atomic E-state index is 12.3. The van der Waals surface area contributed by atoms with Crippen LogP contribution in [0.3, 0.4) is 0 Å². The zero-order valence-electron chi connectivity index (χ0n) is 15.8. The summed E-state index contributed by atoms with van der Waals surface area (Å²) in [6.45, 7) is 6.59. The predicted molar refractivity (Wildman–Crippen MR) is 103 cm³/mol. The maximum atomic E-state index is 12.3. The molecule has 26 heavy (non-hydrogen) atoms. The summed E-state index contributed by atoms with van der Waals surface area (Å²) in [4.78, 5) is 23.0. The molecule has 3 rings (SSSR count). The van der Waals surface area contributed by atoms with E-state index in [4.69, 9.17) is 9.78 Å². The summed E-state index contributed by atoms with van der Waals surface area (Å²) < 4.78 is 0. The summed E-state index contributed by atoms with van der Waals surface area (Å²) in [5.74, 6) is 0.975. The average molecular weight is 351 g/mol. The number of benzene rings is 2. The highest BCUT2D eigenvalue weighted by molar-refractivity contribution is 5.89. The van der Waals surface area contributed by atoms with Crippen LogP contribution in [0, 0.1) is 23.9 Å². The third-order valence-electron chi connectivity index (χ3n) is 5.19. The van der Waals surface area contributed by atoms with Gasteiger partial charge in [-0.25, -0.2) is 4.79 Å². The van der Waals surface area contributed by atoms with Crippen LogP contribution >= 0.6 is 0 Å². The van der Waals surface area contributed by atoms with E-state index in [0.717, 1.165) is 30.1 Å². The van der Waals surface area contributed by atoms with Gasteiger partial charge in [-0.05, 0) is 53.9 Å². The van der Waals surface area contributed by atoms with E-state index in [2.05, 4.69) is 20.8 Å². The Morgan fingerprint density at radius 2 is 1.62 bits per heavy atom. The van der Waals surface area contributed by atoms with E-state index in [1.165, 1.54) is 6.42 Å². The van der Waals surface area contributed by atoms with Gasteiger partial charge in [0.1, 0.15) is 0 Å². The van der Waals surface area contributed by atoms with Gasteiger partial charge in [0.25, 0.3) is 0 Å². The molecule has 0 spiro atoms. The molecule has 1 saturated carbocycles. The topological polar surface area (TPSA) is 35.5 Å². The van der Waals surface area contributed by atoms with Crippen LogP contribution in [0.5, 0.6) is 0 Å². The molecule has 0 aromatic heterocycles. The first-order valence-electron chi connectivity index (χ1n) is 9.44. The van der Waals surface area contributed by atoms with Gasteiger partial charge in [-0.1, -0.05) is 69.7 Å². The highest BCUT2D eigenvalue weighted by atomic mass is 17.2. The van der Waals surface area contributed by atoms with Crippen molar-refractivity contribution in [1.29, 1.82) is 0 Å². The van der Waals surface area contributed by atoms with E-state index in [1.807, 2.05) is 42.5 Å². The SMILES string of the molecule is CC1CCC(C(C)C)[C](OOC(=O)c2ccc(-c3ccccc3)cc2)C1. The summed E-state index contributed by atoms with van der Waals surface area (Å²) in [6.07, 6.45) is 4.07. The lowest BCUT2D eigenvalue weighted by atomic mass is 9.75. The third-order valence-corrected chi connectivity index (χ3v) is 5.19. The monoisotopic (exact) mass is 351 g/mol. The van der Waals surface area contributed by atoms with Crippen molar-refractivity contribution in [1.82, 2.24) is 0 Å². The number of carbonyl (C=O) groups excluding carboxylic acids is 1. The van der Waals surface area contributed by atoms with Gasteiger partial charge < -0.3 is 0 Å². The summed E-state index contributed by atoms with van der Waals surface area (Å²) >= 11 is 0. The highest BCUT2D eigenvalue weighted by Gasteiger charge is 2.34. The van der Waals surface area contributed by atoms with Crippen LogP contribution in [0.2, 0.25) is 0 Å². The molecule has 2 aromatic rings. The minimum absolute atomic E-state index is 0.361. The van der Waals surface area contributed by atoms with Gasteiger partial charge in [-0.2, -0.15) is 4.89 Å². The minimum Gasteiger partial charge on any atom is -0.292 e. The summed E-state index contributed by atoms with van der Waals surface area (Å²) in [6, 6.07) is 17.5. The van der Waals surface area contributed by atoms with E-state index >= 15 is 0 Å². The van der Waals surface area contributed by atoms with Crippen molar-refractivity contribution in [2.75, 3.05) is 0 Å². The predicted octanol–water partition coefficient (Wildman–Crippen LogP) is 6.07. The molecule has 1 radical (unpaired) electrons. The van der Waals surface area contributed by atoms with Gasteiger partial charge in [0.2, 0.25) is 0 Å². The Kier molecular flexibility index (Phi) is 6.10. The number of rotatable bonds is 5. The molecule has 137 valence electrons. The fraction of sp³-hybridized carbons (Fsp3) is 0.391. The molecule has 3 nitrogen and oxygen atoms in total. The second-order valence-electron chi connectivity index (χ2n) is 7.60. The standard InChI is InChI=1S/C23H27O3/c1-16(2)21-14-9-17(3)15-22(21)25-26-23(24)20-12-10-19(11-13-20)18-7-5-4-6-8-18/h4-8,10-13,16-17,21H,9,14-15H2,1-3H3. The molecule has 0 aliphatic heterocycles. The van der Waals surface area contributed by atoms with Gasteiger partial charge in [0.05, 0.1) is 5.56 Å². The molecule has 1 aliphatic carbocycles. The molecule has 0 bridgehead atoms. The fourth-order valence-electron chi connectivity index (χ4n) is 3.59. The van der Waals surface area contributed by atoms with Crippen LogP contribution in [-0.2, 0) is 9.78 Å².